The summed E-state index contributed by atoms with van der Waals surface area (Å²) in [5.74, 6) is 0.0193. The maximum atomic E-state index is 12.6. The minimum atomic E-state index is 0.0193. The number of fused-ring (bicyclic) bond motifs is 1. The summed E-state index contributed by atoms with van der Waals surface area (Å²) in [5, 5.41) is 3.13. The Kier molecular flexibility index (Phi) is 6.00. The number of nitrogens with zero attached hydrogens (tertiary/aromatic N) is 2. The maximum absolute atomic E-state index is 12.6. The molecule has 1 aromatic heterocycles. The number of piperidine rings is 1. The van der Waals surface area contributed by atoms with Crippen LogP contribution in [0.25, 0.3) is 11.0 Å². The summed E-state index contributed by atoms with van der Waals surface area (Å²) in [7, 11) is 0. The van der Waals surface area contributed by atoms with E-state index in [4.69, 9.17) is 0 Å². The summed E-state index contributed by atoms with van der Waals surface area (Å²) in [4.78, 5) is 18.9. The molecular formula is C23H35N4O+. The predicted octanol–water partition coefficient (Wildman–Crippen LogP) is 3.12. The molecule has 1 aliphatic carbocycles. The minimum absolute atomic E-state index is 0.0193. The Labute approximate surface area is 168 Å². The van der Waals surface area contributed by atoms with Crippen molar-refractivity contribution >= 4 is 16.9 Å². The van der Waals surface area contributed by atoms with Crippen molar-refractivity contribution in [1.29, 1.82) is 0 Å². The summed E-state index contributed by atoms with van der Waals surface area (Å²) in [6.07, 6.45) is 12.3. The van der Waals surface area contributed by atoms with E-state index in [9.17, 15) is 4.79 Å². The van der Waals surface area contributed by atoms with Gasteiger partial charge in [0.25, 0.3) is 5.91 Å². The van der Waals surface area contributed by atoms with Crippen LogP contribution in [0.3, 0.4) is 0 Å². The highest BCUT2D eigenvalue weighted by molar-refractivity contribution is 5.97. The van der Waals surface area contributed by atoms with Gasteiger partial charge in [0.1, 0.15) is 0 Å². The van der Waals surface area contributed by atoms with Crippen LogP contribution < -0.4 is 10.2 Å². The van der Waals surface area contributed by atoms with E-state index in [-0.39, 0.29) is 5.91 Å². The minimum Gasteiger partial charge on any atom is -0.346 e. The van der Waals surface area contributed by atoms with Gasteiger partial charge in [-0.1, -0.05) is 19.3 Å². The van der Waals surface area contributed by atoms with E-state index in [2.05, 4.69) is 34.8 Å². The molecule has 1 saturated carbocycles. The molecule has 1 aromatic carbocycles. The van der Waals surface area contributed by atoms with Crippen LogP contribution in [0.4, 0.5) is 0 Å². The van der Waals surface area contributed by atoms with Crippen LogP contribution in [0.15, 0.2) is 24.5 Å². The highest BCUT2D eigenvalue weighted by atomic mass is 16.1. The molecule has 2 aromatic rings. The lowest BCUT2D eigenvalue weighted by Crippen LogP contribution is -3.19. The number of aromatic nitrogens is 2. The standard InChI is InChI=1S/C23H34N4O/c1-17-7-6-8-18(2)26(17)14-13-24-23(28)19-11-12-22-21(15-19)25-16-27(22)20-9-4-3-5-10-20/h11-12,15-18,20H,3-10,13-14H2,1-2H3,(H,24,28)/p+1. The Morgan fingerprint density at radius 2 is 1.86 bits per heavy atom. The fourth-order valence-corrected chi connectivity index (χ4v) is 5.33. The fourth-order valence-electron chi connectivity index (χ4n) is 5.33. The number of hydrogen-bond donors (Lipinski definition) is 2. The van der Waals surface area contributed by atoms with Gasteiger partial charge >= 0.3 is 0 Å². The van der Waals surface area contributed by atoms with Crippen molar-refractivity contribution in [3.05, 3.63) is 30.1 Å². The van der Waals surface area contributed by atoms with Crippen LogP contribution in [0.1, 0.15) is 81.6 Å². The van der Waals surface area contributed by atoms with Crippen LogP contribution in [-0.4, -0.2) is 40.6 Å². The average Bonchev–Trinajstić information content (AvgIpc) is 3.14. The number of quaternary nitrogens is 1. The Morgan fingerprint density at radius 3 is 2.61 bits per heavy atom. The lowest BCUT2D eigenvalue weighted by atomic mass is 9.95. The number of rotatable bonds is 5. The fraction of sp³-hybridized carbons (Fsp3) is 0.652. The number of nitrogens with one attached hydrogen (secondary N) is 2. The second-order valence-corrected chi connectivity index (χ2v) is 8.96. The lowest BCUT2D eigenvalue weighted by Gasteiger charge is -2.35. The molecule has 2 fully saturated rings. The van der Waals surface area contributed by atoms with Crippen molar-refractivity contribution in [1.82, 2.24) is 14.9 Å². The van der Waals surface area contributed by atoms with E-state index in [0.29, 0.717) is 18.1 Å². The lowest BCUT2D eigenvalue weighted by molar-refractivity contribution is -0.950. The Hall–Kier alpha value is -1.88. The molecule has 0 spiro atoms. The zero-order valence-electron chi connectivity index (χ0n) is 17.4. The number of amides is 1. The normalized spacial score (nSPS) is 26.4. The van der Waals surface area contributed by atoms with Crippen molar-refractivity contribution in [3.8, 4) is 0 Å². The zero-order valence-corrected chi connectivity index (χ0v) is 17.4. The Morgan fingerprint density at radius 1 is 1.11 bits per heavy atom. The van der Waals surface area contributed by atoms with Gasteiger partial charge in [0, 0.05) is 11.6 Å². The topological polar surface area (TPSA) is 51.4 Å². The monoisotopic (exact) mass is 383 g/mol. The van der Waals surface area contributed by atoms with Gasteiger partial charge in [0.05, 0.1) is 42.5 Å². The third-order valence-electron chi connectivity index (χ3n) is 7.04. The third kappa shape index (κ3) is 4.09. The quantitative estimate of drug-likeness (QED) is 0.833. The van der Waals surface area contributed by atoms with Crippen LogP contribution in [0, 0.1) is 0 Å². The number of carbonyl (C=O) groups is 1. The van der Waals surface area contributed by atoms with E-state index in [1.54, 1.807) is 4.90 Å². The van der Waals surface area contributed by atoms with Gasteiger partial charge in [-0.25, -0.2) is 4.98 Å². The van der Waals surface area contributed by atoms with Gasteiger partial charge in [-0.15, -0.1) is 0 Å². The highest BCUT2D eigenvalue weighted by Crippen LogP contribution is 2.30. The number of benzene rings is 1. The zero-order chi connectivity index (χ0) is 19.5. The number of hydrogen-bond acceptors (Lipinski definition) is 2. The molecule has 2 unspecified atom stereocenters. The van der Waals surface area contributed by atoms with E-state index in [0.717, 1.165) is 29.7 Å². The molecule has 1 aliphatic heterocycles. The molecule has 2 atom stereocenters. The van der Waals surface area contributed by atoms with Crippen molar-refractivity contribution < 1.29 is 9.69 Å². The van der Waals surface area contributed by atoms with E-state index >= 15 is 0 Å². The van der Waals surface area contributed by atoms with Crippen LogP contribution >= 0.6 is 0 Å². The molecular weight excluding hydrogens is 348 g/mol. The van der Waals surface area contributed by atoms with Crippen molar-refractivity contribution in [3.63, 3.8) is 0 Å². The second-order valence-electron chi connectivity index (χ2n) is 8.96. The molecule has 5 heteroatoms. The van der Waals surface area contributed by atoms with Crippen LogP contribution in [-0.2, 0) is 0 Å². The van der Waals surface area contributed by atoms with E-state index in [1.165, 1.54) is 51.4 Å². The first kappa shape index (κ1) is 19.4. The molecule has 0 bridgehead atoms. The van der Waals surface area contributed by atoms with E-state index in [1.807, 2.05) is 18.5 Å². The first-order valence-corrected chi connectivity index (χ1v) is 11.2. The summed E-state index contributed by atoms with van der Waals surface area (Å²) < 4.78 is 2.32. The molecule has 1 amide bonds. The first-order valence-electron chi connectivity index (χ1n) is 11.2. The SMILES string of the molecule is CC1CCCC(C)[NH+]1CCNC(=O)c1ccc2c(c1)ncn2C1CCCCC1. The van der Waals surface area contributed by atoms with E-state index < -0.39 is 0 Å². The summed E-state index contributed by atoms with van der Waals surface area (Å²) in [6, 6.07) is 7.93. The summed E-state index contributed by atoms with van der Waals surface area (Å²) >= 11 is 0. The van der Waals surface area contributed by atoms with Crippen molar-refractivity contribution in [2.45, 2.75) is 83.3 Å². The van der Waals surface area contributed by atoms with Gasteiger partial charge in [0.15, 0.2) is 0 Å². The second kappa shape index (κ2) is 8.64. The number of carbonyl (C=O) groups excluding carboxylic acids is 1. The van der Waals surface area contributed by atoms with Crippen molar-refractivity contribution in [2.75, 3.05) is 13.1 Å². The maximum Gasteiger partial charge on any atom is 0.251 e. The molecule has 0 radical (unpaired) electrons. The van der Waals surface area contributed by atoms with Crippen LogP contribution in [0.2, 0.25) is 0 Å². The molecule has 1 saturated heterocycles. The Bertz CT molecular complexity index is 798. The number of imidazole rings is 1. The van der Waals surface area contributed by atoms with Crippen LogP contribution in [0.5, 0.6) is 0 Å². The molecule has 152 valence electrons. The highest BCUT2D eigenvalue weighted by Gasteiger charge is 2.28. The van der Waals surface area contributed by atoms with Gasteiger partial charge in [0.2, 0.25) is 0 Å². The number of likely N-dealkylation sites (tertiary alicyclic amines) is 1. The largest absolute Gasteiger partial charge is 0.346 e. The first-order chi connectivity index (χ1) is 13.6. The van der Waals surface area contributed by atoms with Gasteiger partial charge in [-0.2, -0.15) is 0 Å². The average molecular weight is 384 g/mol. The Balaban J connectivity index is 1.37. The molecule has 4 rings (SSSR count). The van der Waals surface area contributed by atoms with Crippen molar-refractivity contribution in [2.24, 2.45) is 0 Å². The summed E-state index contributed by atoms with van der Waals surface area (Å²) in [6.45, 7) is 6.41. The predicted molar refractivity (Wildman–Crippen MR) is 113 cm³/mol. The molecule has 2 N–H and O–H groups in total. The van der Waals surface area contributed by atoms with Gasteiger partial charge in [-0.3, -0.25) is 4.79 Å². The third-order valence-corrected chi connectivity index (χ3v) is 7.04. The smallest absolute Gasteiger partial charge is 0.251 e. The summed E-state index contributed by atoms with van der Waals surface area (Å²) in [5.41, 5.74) is 2.81. The molecule has 5 nitrogen and oxygen atoms in total. The molecule has 2 heterocycles. The van der Waals surface area contributed by atoms with Gasteiger partial charge < -0.3 is 14.8 Å². The molecule has 2 aliphatic rings. The molecule has 28 heavy (non-hydrogen) atoms. The van der Waals surface area contributed by atoms with Gasteiger partial charge in [-0.05, 0) is 64.2 Å².